The molecule has 17 heavy (non-hydrogen) atoms. The number of hydrogen-bond acceptors (Lipinski definition) is 3. The van der Waals surface area contributed by atoms with Gasteiger partial charge in [0.25, 0.3) is 5.91 Å². The first kappa shape index (κ1) is 11.6. The highest BCUT2D eigenvalue weighted by atomic mass is 16.4. The Hall–Kier alpha value is -1.91. The van der Waals surface area contributed by atoms with Gasteiger partial charge in [0.05, 0.1) is 5.56 Å². The molecule has 1 fully saturated rings. The van der Waals surface area contributed by atoms with Crippen molar-refractivity contribution in [2.75, 3.05) is 6.54 Å². The number of carboxylic acids is 1. The third-order valence-electron chi connectivity index (χ3n) is 2.79. The van der Waals surface area contributed by atoms with Crippen LogP contribution in [0.2, 0.25) is 0 Å². The van der Waals surface area contributed by atoms with E-state index in [0.717, 1.165) is 12.8 Å². The number of carbonyl (C=O) groups excluding carboxylic acids is 1. The minimum absolute atomic E-state index is 0.0817. The molecule has 1 aromatic heterocycles. The van der Waals surface area contributed by atoms with E-state index in [-0.39, 0.29) is 18.5 Å². The van der Waals surface area contributed by atoms with Crippen molar-refractivity contribution >= 4 is 11.9 Å². The van der Waals surface area contributed by atoms with Gasteiger partial charge in [0.2, 0.25) is 0 Å². The molecule has 5 heteroatoms. The molecular weight excluding hydrogens is 220 g/mol. The lowest BCUT2D eigenvalue weighted by molar-refractivity contribution is -0.137. The van der Waals surface area contributed by atoms with Gasteiger partial charge in [-0.25, -0.2) is 0 Å². The maximum Gasteiger partial charge on any atom is 0.323 e. The maximum absolute atomic E-state index is 12.2. The van der Waals surface area contributed by atoms with E-state index in [9.17, 15) is 9.59 Å². The van der Waals surface area contributed by atoms with Crippen molar-refractivity contribution in [3.63, 3.8) is 0 Å². The summed E-state index contributed by atoms with van der Waals surface area (Å²) in [6.07, 6.45) is 3.39. The highest BCUT2D eigenvalue weighted by Crippen LogP contribution is 2.28. The lowest BCUT2D eigenvalue weighted by Crippen LogP contribution is -2.37. The van der Waals surface area contributed by atoms with Crippen LogP contribution in [0, 0.1) is 6.92 Å². The molecule has 1 N–H and O–H groups in total. The summed E-state index contributed by atoms with van der Waals surface area (Å²) < 4.78 is 0. The van der Waals surface area contributed by atoms with Gasteiger partial charge in [-0.2, -0.15) is 0 Å². The van der Waals surface area contributed by atoms with Gasteiger partial charge in [-0.1, -0.05) is 0 Å². The number of aromatic nitrogens is 1. The lowest BCUT2D eigenvalue weighted by Gasteiger charge is -2.20. The molecule has 0 unspecified atom stereocenters. The summed E-state index contributed by atoms with van der Waals surface area (Å²) in [7, 11) is 0. The van der Waals surface area contributed by atoms with Crippen LogP contribution in [0.25, 0.3) is 0 Å². The molecule has 0 bridgehead atoms. The van der Waals surface area contributed by atoms with E-state index in [0.29, 0.717) is 11.3 Å². The zero-order valence-corrected chi connectivity index (χ0v) is 9.59. The van der Waals surface area contributed by atoms with Gasteiger partial charge >= 0.3 is 5.97 Å². The Morgan fingerprint density at radius 2 is 2.24 bits per heavy atom. The summed E-state index contributed by atoms with van der Waals surface area (Å²) in [5.41, 5.74) is 1.12. The van der Waals surface area contributed by atoms with E-state index in [1.165, 1.54) is 4.90 Å². The molecule has 1 amide bonds. The molecule has 1 saturated carbocycles. The van der Waals surface area contributed by atoms with Crippen molar-refractivity contribution < 1.29 is 14.7 Å². The van der Waals surface area contributed by atoms with E-state index in [2.05, 4.69) is 4.98 Å². The average molecular weight is 234 g/mol. The Labute approximate surface area is 99.1 Å². The molecule has 1 aliphatic carbocycles. The Balaban J connectivity index is 2.22. The van der Waals surface area contributed by atoms with E-state index < -0.39 is 5.97 Å². The topological polar surface area (TPSA) is 70.5 Å². The van der Waals surface area contributed by atoms with Crippen LogP contribution >= 0.6 is 0 Å². The fraction of sp³-hybridized carbons (Fsp3) is 0.417. The van der Waals surface area contributed by atoms with Crippen molar-refractivity contribution in [1.29, 1.82) is 0 Å². The first-order valence-corrected chi connectivity index (χ1v) is 5.54. The molecule has 0 aliphatic heterocycles. The minimum atomic E-state index is -0.980. The second kappa shape index (κ2) is 4.53. The quantitative estimate of drug-likeness (QED) is 0.846. The molecule has 5 nitrogen and oxygen atoms in total. The van der Waals surface area contributed by atoms with Crippen molar-refractivity contribution in [3.05, 3.63) is 29.6 Å². The molecule has 0 radical (unpaired) electrons. The van der Waals surface area contributed by atoms with Crippen molar-refractivity contribution in [1.82, 2.24) is 9.88 Å². The molecule has 0 spiro atoms. The Kier molecular flexibility index (Phi) is 3.08. The van der Waals surface area contributed by atoms with Gasteiger partial charge in [-0.3, -0.25) is 14.6 Å². The molecule has 0 aromatic carbocycles. The summed E-state index contributed by atoms with van der Waals surface area (Å²) in [5.74, 6) is -1.22. The van der Waals surface area contributed by atoms with Crippen LogP contribution in [-0.2, 0) is 4.79 Å². The first-order valence-electron chi connectivity index (χ1n) is 5.54. The van der Waals surface area contributed by atoms with Crippen molar-refractivity contribution in [2.45, 2.75) is 25.8 Å². The fourth-order valence-electron chi connectivity index (χ4n) is 1.76. The third kappa shape index (κ3) is 2.61. The summed E-state index contributed by atoms with van der Waals surface area (Å²) in [4.78, 5) is 28.4. The highest BCUT2D eigenvalue weighted by molar-refractivity contribution is 5.97. The number of hydrogen-bond donors (Lipinski definition) is 1. The van der Waals surface area contributed by atoms with Gasteiger partial charge in [-0.15, -0.1) is 0 Å². The monoisotopic (exact) mass is 234 g/mol. The molecule has 1 aromatic rings. The van der Waals surface area contributed by atoms with E-state index in [1.54, 1.807) is 25.3 Å². The number of pyridine rings is 1. The SMILES string of the molecule is Cc1ncccc1C(=O)N(CC(=O)O)C1CC1. The third-order valence-corrected chi connectivity index (χ3v) is 2.79. The number of aryl methyl sites for hydroxylation is 1. The number of aliphatic carboxylic acids is 1. The maximum atomic E-state index is 12.2. The number of carbonyl (C=O) groups is 2. The van der Waals surface area contributed by atoms with Crippen LogP contribution in [-0.4, -0.2) is 39.5 Å². The zero-order chi connectivity index (χ0) is 12.4. The van der Waals surface area contributed by atoms with Gasteiger partial charge in [0.15, 0.2) is 0 Å². The van der Waals surface area contributed by atoms with Crippen molar-refractivity contribution in [2.24, 2.45) is 0 Å². The van der Waals surface area contributed by atoms with Gasteiger partial charge in [-0.05, 0) is 31.9 Å². The first-order chi connectivity index (χ1) is 8.09. The zero-order valence-electron chi connectivity index (χ0n) is 9.59. The highest BCUT2D eigenvalue weighted by Gasteiger charge is 2.34. The molecule has 0 saturated heterocycles. The molecule has 1 heterocycles. The molecular formula is C12H14N2O3. The standard InChI is InChI=1S/C12H14N2O3/c1-8-10(3-2-6-13-8)12(17)14(7-11(15)16)9-4-5-9/h2-3,6,9H,4-5,7H2,1H3,(H,15,16). The van der Waals surface area contributed by atoms with Crippen LogP contribution in [0.4, 0.5) is 0 Å². The van der Waals surface area contributed by atoms with Gasteiger partial charge in [0, 0.05) is 17.9 Å². The number of carboxylic acid groups (broad SMARTS) is 1. The molecule has 1 aliphatic rings. The Morgan fingerprint density at radius 3 is 2.76 bits per heavy atom. The van der Waals surface area contributed by atoms with Crippen molar-refractivity contribution in [3.8, 4) is 0 Å². The van der Waals surface area contributed by atoms with E-state index in [4.69, 9.17) is 5.11 Å². The number of amides is 1. The lowest BCUT2D eigenvalue weighted by atomic mass is 10.2. The Morgan fingerprint density at radius 1 is 1.53 bits per heavy atom. The van der Waals surface area contributed by atoms with E-state index in [1.807, 2.05) is 0 Å². The largest absolute Gasteiger partial charge is 0.480 e. The predicted molar refractivity (Wildman–Crippen MR) is 60.7 cm³/mol. The van der Waals surface area contributed by atoms with Gasteiger partial charge < -0.3 is 10.0 Å². The van der Waals surface area contributed by atoms with Crippen LogP contribution in [0.5, 0.6) is 0 Å². The average Bonchev–Trinajstić information content (AvgIpc) is 3.09. The molecule has 90 valence electrons. The second-order valence-electron chi connectivity index (χ2n) is 4.19. The smallest absolute Gasteiger partial charge is 0.323 e. The molecule has 2 rings (SSSR count). The van der Waals surface area contributed by atoms with Crippen LogP contribution in [0.1, 0.15) is 28.9 Å². The second-order valence-corrected chi connectivity index (χ2v) is 4.19. The Bertz CT molecular complexity index is 455. The minimum Gasteiger partial charge on any atom is -0.480 e. The van der Waals surface area contributed by atoms with Crippen LogP contribution in [0.15, 0.2) is 18.3 Å². The summed E-state index contributed by atoms with van der Waals surface area (Å²) >= 11 is 0. The number of nitrogens with zero attached hydrogens (tertiary/aromatic N) is 2. The fourth-order valence-corrected chi connectivity index (χ4v) is 1.76. The number of rotatable bonds is 4. The summed E-state index contributed by atoms with van der Waals surface area (Å²) in [6, 6.07) is 3.45. The van der Waals surface area contributed by atoms with Gasteiger partial charge in [0.1, 0.15) is 6.54 Å². The van der Waals surface area contributed by atoms with E-state index >= 15 is 0 Å². The molecule has 0 atom stereocenters. The van der Waals surface area contributed by atoms with Crippen LogP contribution < -0.4 is 0 Å². The summed E-state index contributed by atoms with van der Waals surface area (Å²) in [5, 5.41) is 8.82. The summed E-state index contributed by atoms with van der Waals surface area (Å²) in [6.45, 7) is 1.51. The normalized spacial score (nSPS) is 14.4. The predicted octanol–water partition coefficient (Wildman–Crippen LogP) is 1.08. The van der Waals surface area contributed by atoms with Crippen LogP contribution in [0.3, 0.4) is 0 Å².